The molecule has 0 aliphatic heterocycles. The molecule has 0 amide bonds. The van der Waals surface area contributed by atoms with Crippen LogP contribution in [0.25, 0.3) is 0 Å². The molecule has 0 heterocycles. The van der Waals surface area contributed by atoms with Crippen LogP contribution in [0.15, 0.2) is 12.1 Å². The van der Waals surface area contributed by atoms with Gasteiger partial charge in [0.2, 0.25) is 0 Å². The fourth-order valence-corrected chi connectivity index (χ4v) is 3.86. The van der Waals surface area contributed by atoms with Crippen molar-refractivity contribution in [3.8, 4) is 0 Å². The summed E-state index contributed by atoms with van der Waals surface area (Å²) in [4.78, 5) is 0. The van der Waals surface area contributed by atoms with E-state index in [4.69, 9.17) is 5.73 Å². The van der Waals surface area contributed by atoms with Gasteiger partial charge in [-0.15, -0.1) is 0 Å². The highest BCUT2D eigenvalue weighted by Crippen LogP contribution is 2.31. The first-order chi connectivity index (χ1) is 9.74. The summed E-state index contributed by atoms with van der Waals surface area (Å²) in [5.41, 5.74) is 12.1. The van der Waals surface area contributed by atoms with E-state index in [-0.39, 0.29) is 0 Å². The zero-order chi connectivity index (χ0) is 13.9. The van der Waals surface area contributed by atoms with Crippen LogP contribution in [-0.4, -0.2) is 12.6 Å². The zero-order valence-electron chi connectivity index (χ0n) is 12.8. The predicted molar refractivity (Wildman–Crippen MR) is 86.2 cm³/mol. The van der Waals surface area contributed by atoms with E-state index < -0.39 is 0 Å². The average Bonchev–Trinajstić information content (AvgIpc) is 2.49. The molecular formula is C18H28N2. The zero-order valence-corrected chi connectivity index (χ0v) is 12.8. The van der Waals surface area contributed by atoms with Gasteiger partial charge < -0.3 is 11.1 Å². The van der Waals surface area contributed by atoms with Gasteiger partial charge in [0.1, 0.15) is 0 Å². The van der Waals surface area contributed by atoms with Crippen molar-refractivity contribution in [3.05, 3.63) is 28.8 Å². The van der Waals surface area contributed by atoms with Crippen molar-refractivity contribution in [3.63, 3.8) is 0 Å². The molecule has 1 aromatic carbocycles. The van der Waals surface area contributed by atoms with Gasteiger partial charge in [-0.2, -0.15) is 0 Å². The quantitative estimate of drug-likeness (QED) is 0.878. The molecule has 0 radical (unpaired) electrons. The number of rotatable bonds is 3. The van der Waals surface area contributed by atoms with Crippen LogP contribution in [0, 0.1) is 12.8 Å². The topological polar surface area (TPSA) is 38.0 Å². The molecule has 110 valence electrons. The molecule has 1 fully saturated rings. The lowest BCUT2D eigenvalue weighted by atomic mass is 9.85. The van der Waals surface area contributed by atoms with E-state index in [0.29, 0.717) is 6.04 Å². The Morgan fingerprint density at radius 3 is 2.50 bits per heavy atom. The first-order valence-electron chi connectivity index (χ1n) is 8.35. The lowest BCUT2D eigenvalue weighted by Crippen LogP contribution is -2.29. The van der Waals surface area contributed by atoms with Gasteiger partial charge in [-0.05, 0) is 87.0 Å². The number of nitrogens with two attached hydrogens (primary N) is 1. The Hall–Kier alpha value is -1.02. The molecule has 1 aromatic rings. The Kier molecular flexibility index (Phi) is 4.30. The molecule has 0 saturated heterocycles. The molecule has 1 saturated carbocycles. The van der Waals surface area contributed by atoms with E-state index >= 15 is 0 Å². The lowest BCUT2D eigenvalue weighted by molar-refractivity contribution is 0.338. The normalized spacial score (nSPS) is 26.1. The highest BCUT2D eigenvalue weighted by atomic mass is 14.9. The molecular weight excluding hydrogens is 244 g/mol. The predicted octanol–water partition coefficient (Wildman–Crippen LogP) is 3.80. The molecule has 2 heteroatoms. The number of hydrogen-bond acceptors (Lipinski definition) is 2. The molecule has 0 atom stereocenters. The van der Waals surface area contributed by atoms with E-state index in [1.54, 1.807) is 11.1 Å². The monoisotopic (exact) mass is 272 g/mol. The van der Waals surface area contributed by atoms with Gasteiger partial charge in [0.05, 0.1) is 0 Å². The SMILES string of the molecule is Cc1ccc(NCC2CCC(N)CC2)c2c1CCCC2. The maximum atomic E-state index is 5.99. The molecule has 2 nitrogen and oxygen atoms in total. The van der Waals surface area contributed by atoms with Crippen LogP contribution < -0.4 is 11.1 Å². The van der Waals surface area contributed by atoms with Crippen molar-refractivity contribution in [2.45, 2.75) is 64.3 Å². The third-order valence-corrected chi connectivity index (χ3v) is 5.24. The summed E-state index contributed by atoms with van der Waals surface area (Å²) >= 11 is 0. The first kappa shape index (κ1) is 13.9. The standard InChI is InChI=1S/C18H28N2/c1-13-6-11-18(17-5-3-2-4-16(13)17)20-12-14-7-9-15(19)10-8-14/h6,11,14-15,20H,2-5,7-10,12,19H2,1H3. The second-order valence-corrected chi connectivity index (χ2v) is 6.76. The van der Waals surface area contributed by atoms with Crippen LogP contribution in [0.5, 0.6) is 0 Å². The fourth-order valence-electron chi connectivity index (χ4n) is 3.86. The van der Waals surface area contributed by atoms with E-state index in [1.807, 2.05) is 0 Å². The number of anilines is 1. The first-order valence-corrected chi connectivity index (χ1v) is 8.35. The molecule has 0 unspecified atom stereocenters. The molecule has 0 bridgehead atoms. The molecule has 2 aliphatic carbocycles. The summed E-state index contributed by atoms with van der Waals surface area (Å²) in [6.45, 7) is 3.39. The largest absolute Gasteiger partial charge is 0.385 e. The van der Waals surface area contributed by atoms with E-state index in [9.17, 15) is 0 Å². The Morgan fingerprint density at radius 2 is 1.75 bits per heavy atom. The Balaban J connectivity index is 1.66. The van der Waals surface area contributed by atoms with Gasteiger partial charge in [-0.25, -0.2) is 0 Å². The van der Waals surface area contributed by atoms with Crippen LogP contribution in [0.4, 0.5) is 5.69 Å². The molecule has 2 aliphatic rings. The van der Waals surface area contributed by atoms with Crippen molar-refractivity contribution < 1.29 is 0 Å². The van der Waals surface area contributed by atoms with Gasteiger partial charge in [0, 0.05) is 18.3 Å². The van der Waals surface area contributed by atoms with Crippen molar-refractivity contribution in [1.82, 2.24) is 0 Å². The second-order valence-electron chi connectivity index (χ2n) is 6.76. The summed E-state index contributed by atoms with van der Waals surface area (Å²) in [7, 11) is 0. The van der Waals surface area contributed by atoms with Crippen LogP contribution in [0.2, 0.25) is 0 Å². The Bertz CT molecular complexity index is 459. The van der Waals surface area contributed by atoms with E-state index in [0.717, 1.165) is 12.5 Å². The van der Waals surface area contributed by atoms with Crippen LogP contribution in [0.3, 0.4) is 0 Å². The van der Waals surface area contributed by atoms with Crippen molar-refractivity contribution >= 4 is 5.69 Å². The summed E-state index contributed by atoms with van der Waals surface area (Å²) in [5.74, 6) is 0.815. The van der Waals surface area contributed by atoms with Gasteiger partial charge in [0.15, 0.2) is 0 Å². The number of nitrogens with one attached hydrogen (secondary N) is 1. The van der Waals surface area contributed by atoms with Crippen molar-refractivity contribution in [2.24, 2.45) is 11.7 Å². The summed E-state index contributed by atoms with van der Waals surface area (Å²) in [6, 6.07) is 5.05. The van der Waals surface area contributed by atoms with Gasteiger partial charge in [-0.3, -0.25) is 0 Å². The average molecular weight is 272 g/mol. The highest BCUT2D eigenvalue weighted by molar-refractivity contribution is 5.58. The second kappa shape index (κ2) is 6.17. The van der Waals surface area contributed by atoms with Crippen molar-refractivity contribution in [2.75, 3.05) is 11.9 Å². The van der Waals surface area contributed by atoms with Crippen LogP contribution in [0.1, 0.15) is 55.2 Å². The molecule has 20 heavy (non-hydrogen) atoms. The third kappa shape index (κ3) is 3.01. The maximum Gasteiger partial charge on any atom is 0.0375 e. The summed E-state index contributed by atoms with van der Waals surface area (Å²) in [6.07, 6.45) is 10.2. The Labute approximate surface area is 123 Å². The molecule has 3 N–H and O–H groups in total. The Morgan fingerprint density at radius 1 is 1.05 bits per heavy atom. The van der Waals surface area contributed by atoms with Gasteiger partial charge in [0.25, 0.3) is 0 Å². The molecule has 0 aromatic heterocycles. The minimum Gasteiger partial charge on any atom is -0.385 e. The number of hydrogen-bond donors (Lipinski definition) is 2. The number of benzene rings is 1. The fraction of sp³-hybridized carbons (Fsp3) is 0.667. The van der Waals surface area contributed by atoms with E-state index in [2.05, 4.69) is 24.4 Å². The van der Waals surface area contributed by atoms with E-state index in [1.165, 1.54) is 62.6 Å². The number of fused-ring (bicyclic) bond motifs is 1. The smallest absolute Gasteiger partial charge is 0.0375 e. The maximum absolute atomic E-state index is 5.99. The minimum absolute atomic E-state index is 0.457. The van der Waals surface area contributed by atoms with Crippen LogP contribution >= 0.6 is 0 Å². The van der Waals surface area contributed by atoms with Crippen LogP contribution in [-0.2, 0) is 12.8 Å². The third-order valence-electron chi connectivity index (χ3n) is 5.24. The lowest BCUT2D eigenvalue weighted by Gasteiger charge is -2.28. The molecule has 3 rings (SSSR count). The van der Waals surface area contributed by atoms with Gasteiger partial charge in [-0.1, -0.05) is 6.07 Å². The summed E-state index contributed by atoms with van der Waals surface area (Å²) < 4.78 is 0. The summed E-state index contributed by atoms with van der Waals surface area (Å²) in [5, 5.41) is 3.74. The van der Waals surface area contributed by atoms with Gasteiger partial charge >= 0.3 is 0 Å². The molecule has 0 spiro atoms. The highest BCUT2D eigenvalue weighted by Gasteiger charge is 2.19. The van der Waals surface area contributed by atoms with Crippen molar-refractivity contribution in [1.29, 1.82) is 0 Å². The number of aryl methyl sites for hydroxylation is 1. The minimum atomic E-state index is 0.457.